The zero-order valence-electron chi connectivity index (χ0n) is 11.0. The van der Waals surface area contributed by atoms with Gasteiger partial charge in [0.05, 0.1) is 19.6 Å². The van der Waals surface area contributed by atoms with Crippen LogP contribution in [0.5, 0.6) is 11.5 Å². The fourth-order valence-corrected chi connectivity index (χ4v) is 2.47. The predicted molar refractivity (Wildman–Crippen MR) is 69.8 cm³/mol. The minimum atomic E-state index is -0.738. The summed E-state index contributed by atoms with van der Waals surface area (Å²) in [6.07, 6.45) is 4.56. The van der Waals surface area contributed by atoms with E-state index in [0.29, 0.717) is 6.10 Å². The zero-order chi connectivity index (χ0) is 13.5. The minimum Gasteiger partial charge on any atom is -0.493 e. The Bertz CT molecular complexity index is 501. The van der Waals surface area contributed by atoms with Gasteiger partial charge in [0.15, 0.2) is 11.5 Å². The Morgan fingerprint density at radius 1 is 1.37 bits per heavy atom. The SMILES string of the molecule is COc1ccc(C2(CC(=O)O)CC2)cc1OC1CC1. The number of aliphatic carboxylic acids is 1. The average molecular weight is 262 g/mol. The van der Waals surface area contributed by atoms with Gasteiger partial charge in [-0.3, -0.25) is 4.79 Å². The third kappa shape index (κ3) is 2.53. The first-order valence-electron chi connectivity index (χ1n) is 6.70. The number of carboxylic acid groups (broad SMARTS) is 1. The predicted octanol–water partition coefficient (Wildman–Crippen LogP) is 2.74. The van der Waals surface area contributed by atoms with E-state index in [-0.39, 0.29) is 11.8 Å². The van der Waals surface area contributed by atoms with Gasteiger partial charge in [0.2, 0.25) is 0 Å². The number of carbonyl (C=O) groups is 1. The summed E-state index contributed by atoms with van der Waals surface area (Å²) < 4.78 is 11.1. The number of hydrogen-bond donors (Lipinski definition) is 1. The molecular weight excluding hydrogens is 244 g/mol. The molecule has 0 atom stereocenters. The molecule has 0 aromatic heterocycles. The van der Waals surface area contributed by atoms with Crippen LogP contribution < -0.4 is 9.47 Å². The molecule has 2 saturated carbocycles. The highest BCUT2D eigenvalue weighted by Gasteiger charge is 2.46. The highest BCUT2D eigenvalue weighted by atomic mass is 16.5. The van der Waals surface area contributed by atoms with Gasteiger partial charge in [0, 0.05) is 5.41 Å². The summed E-state index contributed by atoms with van der Waals surface area (Å²) in [4.78, 5) is 11.0. The summed E-state index contributed by atoms with van der Waals surface area (Å²) in [5.74, 6) is 0.735. The van der Waals surface area contributed by atoms with Gasteiger partial charge >= 0.3 is 5.97 Å². The van der Waals surface area contributed by atoms with Crippen molar-refractivity contribution < 1.29 is 19.4 Å². The summed E-state index contributed by atoms with van der Waals surface area (Å²) in [5, 5.41) is 9.02. The van der Waals surface area contributed by atoms with Crippen molar-refractivity contribution in [2.45, 2.75) is 43.6 Å². The van der Waals surface area contributed by atoms with Gasteiger partial charge in [-0.15, -0.1) is 0 Å². The molecule has 4 nitrogen and oxygen atoms in total. The maximum atomic E-state index is 11.0. The summed E-state index contributed by atoms with van der Waals surface area (Å²) in [7, 11) is 1.62. The molecule has 0 amide bonds. The maximum Gasteiger partial charge on any atom is 0.304 e. The molecule has 0 saturated heterocycles. The molecule has 19 heavy (non-hydrogen) atoms. The van der Waals surface area contributed by atoms with E-state index < -0.39 is 5.97 Å². The Labute approximate surface area is 112 Å². The summed E-state index contributed by atoms with van der Waals surface area (Å²) >= 11 is 0. The third-order valence-electron chi connectivity index (χ3n) is 3.94. The van der Waals surface area contributed by atoms with Crippen molar-refractivity contribution in [3.63, 3.8) is 0 Å². The average Bonchev–Trinajstić information content (AvgIpc) is 3.26. The number of carboxylic acids is 1. The fourth-order valence-electron chi connectivity index (χ4n) is 2.47. The summed E-state index contributed by atoms with van der Waals surface area (Å²) in [5.41, 5.74) is 0.881. The molecule has 3 rings (SSSR count). The lowest BCUT2D eigenvalue weighted by Crippen LogP contribution is -2.13. The molecule has 2 fully saturated rings. The zero-order valence-corrected chi connectivity index (χ0v) is 11.0. The molecule has 2 aliphatic carbocycles. The van der Waals surface area contributed by atoms with Crippen LogP contribution in [0.25, 0.3) is 0 Å². The molecule has 1 N–H and O–H groups in total. The Morgan fingerprint density at radius 2 is 2.11 bits per heavy atom. The topological polar surface area (TPSA) is 55.8 Å². The third-order valence-corrected chi connectivity index (χ3v) is 3.94. The Kier molecular flexibility index (Phi) is 2.88. The summed E-state index contributed by atoms with van der Waals surface area (Å²) in [6, 6.07) is 5.82. The lowest BCUT2D eigenvalue weighted by Gasteiger charge is -2.17. The summed E-state index contributed by atoms with van der Waals surface area (Å²) in [6.45, 7) is 0. The van der Waals surface area contributed by atoms with E-state index in [9.17, 15) is 4.79 Å². The fraction of sp³-hybridized carbons (Fsp3) is 0.533. The first-order valence-corrected chi connectivity index (χ1v) is 6.70. The van der Waals surface area contributed by atoms with E-state index in [1.54, 1.807) is 7.11 Å². The molecule has 0 bridgehead atoms. The maximum absolute atomic E-state index is 11.0. The Morgan fingerprint density at radius 3 is 2.63 bits per heavy atom. The monoisotopic (exact) mass is 262 g/mol. The number of hydrogen-bond acceptors (Lipinski definition) is 3. The molecule has 0 heterocycles. The van der Waals surface area contributed by atoms with E-state index >= 15 is 0 Å². The van der Waals surface area contributed by atoms with Crippen LogP contribution in [-0.4, -0.2) is 24.3 Å². The lowest BCUT2D eigenvalue weighted by atomic mass is 9.92. The molecule has 0 spiro atoms. The normalized spacial score (nSPS) is 19.8. The smallest absolute Gasteiger partial charge is 0.304 e. The second-order valence-corrected chi connectivity index (χ2v) is 5.53. The number of benzene rings is 1. The van der Waals surface area contributed by atoms with Crippen molar-refractivity contribution in [3.8, 4) is 11.5 Å². The van der Waals surface area contributed by atoms with E-state index in [0.717, 1.165) is 42.7 Å². The molecule has 0 aliphatic heterocycles. The first kappa shape index (κ1) is 12.3. The van der Waals surface area contributed by atoms with Crippen LogP contribution in [-0.2, 0) is 10.2 Å². The molecule has 1 aromatic rings. The highest BCUT2D eigenvalue weighted by Crippen LogP contribution is 2.52. The van der Waals surface area contributed by atoms with Crippen molar-refractivity contribution in [2.75, 3.05) is 7.11 Å². The first-order chi connectivity index (χ1) is 9.13. The van der Waals surface area contributed by atoms with Gasteiger partial charge in [-0.25, -0.2) is 0 Å². The second kappa shape index (κ2) is 4.44. The quantitative estimate of drug-likeness (QED) is 0.856. The number of rotatable bonds is 6. The molecule has 0 radical (unpaired) electrons. The van der Waals surface area contributed by atoms with Crippen molar-refractivity contribution in [3.05, 3.63) is 23.8 Å². The van der Waals surface area contributed by atoms with Crippen molar-refractivity contribution in [1.82, 2.24) is 0 Å². The van der Waals surface area contributed by atoms with Crippen LogP contribution in [0.1, 0.15) is 37.7 Å². The van der Waals surface area contributed by atoms with Crippen LogP contribution in [0, 0.1) is 0 Å². The van der Waals surface area contributed by atoms with Crippen LogP contribution >= 0.6 is 0 Å². The van der Waals surface area contributed by atoms with Crippen LogP contribution in [0.4, 0.5) is 0 Å². The van der Waals surface area contributed by atoms with Crippen LogP contribution in [0.15, 0.2) is 18.2 Å². The minimum absolute atomic E-state index is 0.181. The second-order valence-electron chi connectivity index (χ2n) is 5.53. The number of ether oxygens (including phenoxy) is 2. The van der Waals surface area contributed by atoms with E-state index in [1.807, 2.05) is 18.2 Å². The molecule has 0 unspecified atom stereocenters. The van der Waals surface area contributed by atoms with Gasteiger partial charge in [-0.2, -0.15) is 0 Å². The molecular formula is C15H18O4. The van der Waals surface area contributed by atoms with Gasteiger partial charge in [-0.05, 0) is 43.4 Å². The van der Waals surface area contributed by atoms with Crippen LogP contribution in [0.2, 0.25) is 0 Å². The van der Waals surface area contributed by atoms with Gasteiger partial charge in [0.1, 0.15) is 0 Å². The van der Waals surface area contributed by atoms with Crippen molar-refractivity contribution in [1.29, 1.82) is 0 Å². The van der Waals surface area contributed by atoms with E-state index in [1.165, 1.54) is 0 Å². The number of methoxy groups -OCH3 is 1. The van der Waals surface area contributed by atoms with Gasteiger partial charge in [0.25, 0.3) is 0 Å². The Balaban J connectivity index is 1.87. The van der Waals surface area contributed by atoms with Crippen LogP contribution in [0.3, 0.4) is 0 Å². The molecule has 102 valence electrons. The largest absolute Gasteiger partial charge is 0.493 e. The molecule has 4 heteroatoms. The highest BCUT2D eigenvalue weighted by molar-refractivity contribution is 5.70. The van der Waals surface area contributed by atoms with E-state index in [4.69, 9.17) is 14.6 Å². The van der Waals surface area contributed by atoms with Gasteiger partial charge in [-0.1, -0.05) is 6.07 Å². The molecule has 1 aromatic carbocycles. The van der Waals surface area contributed by atoms with Crippen molar-refractivity contribution >= 4 is 5.97 Å². The van der Waals surface area contributed by atoms with Crippen molar-refractivity contribution in [2.24, 2.45) is 0 Å². The standard InChI is InChI=1S/C15H18O4/c1-18-12-5-2-10(8-13(12)19-11-3-4-11)15(6-7-15)9-14(16)17/h2,5,8,11H,3-4,6-7,9H2,1H3,(H,16,17). The molecule has 2 aliphatic rings. The lowest BCUT2D eigenvalue weighted by molar-refractivity contribution is -0.137. The van der Waals surface area contributed by atoms with Gasteiger partial charge < -0.3 is 14.6 Å². The van der Waals surface area contributed by atoms with E-state index in [2.05, 4.69) is 0 Å². The Hall–Kier alpha value is -1.71.